The van der Waals surface area contributed by atoms with Crippen molar-refractivity contribution in [2.24, 2.45) is 0 Å². The van der Waals surface area contributed by atoms with Gasteiger partial charge in [-0.15, -0.1) is 0 Å². The fourth-order valence-corrected chi connectivity index (χ4v) is 1.11. The van der Waals surface area contributed by atoms with Crippen LogP contribution in [0.15, 0.2) is 30.5 Å². The van der Waals surface area contributed by atoms with Gasteiger partial charge < -0.3 is 0 Å². The molecule has 0 atom stereocenters. The molecule has 0 saturated carbocycles. The van der Waals surface area contributed by atoms with Gasteiger partial charge in [0.1, 0.15) is 0 Å². The number of benzene rings is 1. The Morgan fingerprint density at radius 2 is 2.23 bits per heavy atom. The number of carbonyl (C=O) groups is 1. The maximum Gasteiger partial charge on any atom is 0.332 e. The van der Waals surface area contributed by atoms with Crippen LogP contribution in [-0.4, -0.2) is 11.0 Å². The fraction of sp³-hybridized carbons (Fsp3) is 0. The zero-order valence-electron chi connectivity index (χ0n) is 6.62. The van der Waals surface area contributed by atoms with E-state index in [-0.39, 0.29) is 5.56 Å². The molecule has 1 radical (unpaired) electrons. The minimum atomic E-state index is -1.48. The van der Waals surface area contributed by atoms with E-state index in [9.17, 15) is 9.18 Å². The largest absolute Gasteiger partial charge is 0.332 e. The SMILES string of the molecule is O=C(F)c1[c]c2ncccc2cc1. The first kappa shape index (κ1) is 7.86. The van der Waals surface area contributed by atoms with E-state index in [2.05, 4.69) is 11.1 Å². The highest BCUT2D eigenvalue weighted by atomic mass is 19.1. The van der Waals surface area contributed by atoms with Gasteiger partial charge in [-0.25, -0.2) is 0 Å². The number of carbonyl (C=O) groups excluding carboxylic acids is 1. The summed E-state index contributed by atoms with van der Waals surface area (Å²) < 4.78 is 12.3. The normalized spacial score (nSPS) is 10.2. The van der Waals surface area contributed by atoms with Crippen LogP contribution < -0.4 is 0 Å². The third kappa shape index (κ3) is 1.40. The van der Waals surface area contributed by atoms with E-state index in [0.29, 0.717) is 5.52 Å². The van der Waals surface area contributed by atoms with Gasteiger partial charge in [0.05, 0.1) is 11.1 Å². The van der Waals surface area contributed by atoms with Crippen molar-refractivity contribution in [2.45, 2.75) is 0 Å². The van der Waals surface area contributed by atoms with Crippen molar-refractivity contribution in [1.82, 2.24) is 4.98 Å². The number of halogens is 1. The van der Waals surface area contributed by atoms with Crippen molar-refractivity contribution in [2.75, 3.05) is 0 Å². The van der Waals surface area contributed by atoms with E-state index in [1.165, 1.54) is 6.07 Å². The van der Waals surface area contributed by atoms with Gasteiger partial charge in [-0.1, -0.05) is 12.1 Å². The Morgan fingerprint density at radius 3 is 3.00 bits per heavy atom. The Morgan fingerprint density at radius 1 is 1.38 bits per heavy atom. The monoisotopic (exact) mass is 174 g/mol. The molecule has 13 heavy (non-hydrogen) atoms. The molecular formula is C10H5FNO. The molecule has 1 heterocycles. The van der Waals surface area contributed by atoms with Crippen molar-refractivity contribution >= 4 is 16.9 Å². The summed E-state index contributed by atoms with van der Waals surface area (Å²) in [5.41, 5.74) is 0.428. The van der Waals surface area contributed by atoms with Gasteiger partial charge in [-0.2, -0.15) is 4.39 Å². The quantitative estimate of drug-likeness (QED) is 0.620. The lowest BCUT2D eigenvalue weighted by Crippen LogP contribution is -1.90. The molecule has 3 heteroatoms. The highest BCUT2D eigenvalue weighted by Crippen LogP contribution is 2.12. The molecule has 1 aromatic carbocycles. The number of fused-ring (bicyclic) bond motifs is 1. The third-order valence-electron chi connectivity index (χ3n) is 1.73. The van der Waals surface area contributed by atoms with Crippen molar-refractivity contribution in [3.05, 3.63) is 42.1 Å². The molecule has 63 valence electrons. The number of hydrogen-bond acceptors (Lipinski definition) is 2. The van der Waals surface area contributed by atoms with Crippen LogP contribution in [-0.2, 0) is 0 Å². The molecule has 2 aromatic rings. The second kappa shape index (κ2) is 2.94. The summed E-state index contributed by atoms with van der Waals surface area (Å²) in [4.78, 5) is 14.3. The van der Waals surface area contributed by atoms with Crippen LogP contribution in [0, 0.1) is 6.07 Å². The molecule has 2 nitrogen and oxygen atoms in total. The molecule has 0 aliphatic heterocycles. The summed E-state index contributed by atoms with van der Waals surface area (Å²) in [6.07, 6.45) is 1.57. The molecule has 0 amide bonds. The fourth-order valence-electron chi connectivity index (χ4n) is 1.11. The van der Waals surface area contributed by atoms with E-state index in [1.807, 2.05) is 6.07 Å². The van der Waals surface area contributed by atoms with Gasteiger partial charge in [0.15, 0.2) is 0 Å². The van der Waals surface area contributed by atoms with Crippen molar-refractivity contribution in [1.29, 1.82) is 0 Å². The molecule has 0 fully saturated rings. The van der Waals surface area contributed by atoms with Crippen LogP contribution in [0.3, 0.4) is 0 Å². The molecular weight excluding hydrogens is 169 g/mol. The lowest BCUT2D eigenvalue weighted by molar-refractivity contribution is 0.0835. The van der Waals surface area contributed by atoms with Crippen LogP contribution in [0.5, 0.6) is 0 Å². The molecule has 0 N–H and O–H groups in total. The zero-order valence-corrected chi connectivity index (χ0v) is 6.62. The number of aromatic nitrogens is 1. The third-order valence-corrected chi connectivity index (χ3v) is 1.73. The first-order valence-electron chi connectivity index (χ1n) is 3.74. The Bertz CT molecular complexity index is 467. The average Bonchev–Trinajstić information content (AvgIpc) is 2.17. The number of rotatable bonds is 1. The van der Waals surface area contributed by atoms with E-state index >= 15 is 0 Å². The topological polar surface area (TPSA) is 30.0 Å². The molecule has 0 saturated heterocycles. The molecule has 0 aliphatic rings. The number of nitrogens with zero attached hydrogens (tertiary/aromatic N) is 1. The predicted octanol–water partition coefficient (Wildman–Crippen LogP) is 2.14. The summed E-state index contributed by atoms with van der Waals surface area (Å²) in [5, 5.41) is 0.840. The zero-order chi connectivity index (χ0) is 9.26. The van der Waals surface area contributed by atoms with Gasteiger partial charge in [0.2, 0.25) is 0 Å². The number of pyridine rings is 1. The molecule has 0 bridgehead atoms. The van der Waals surface area contributed by atoms with Crippen molar-refractivity contribution < 1.29 is 9.18 Å². The lowest BCUT2D eigenvalue weighted by atomic mass is 10.1. The highest BCUT2D eigenvalue weighted by molar-refractivity contribution is 5.92. The molecule has 0 aliphatic carbocycles. The molecule has 2 rings (SSSR count). The maximum atomic E-state index is 12.3. The number of hydrogen-bond donors (Lipinski definition) is 0. The Kier molecular flexibility index (Phi) is 1.77. The van der Waals surface area contributed by atoms with Gasteiger partial charge in [-0.3, -0.25) is 9.78 Å². The summed E-state index contributed by atoms with van der Waals surface area (Å²) in [5.74, 6) is 0. The lowest BCUT2D eigenvalue weighted by Gasteiger charge is -1.95. The van der Waals surface area contributed by atoms with E-state index in [4.69, 9.17) is 0 Å². The van der Waals surface area contributed by atoms with Gasteiger partial charge in [0, 0.05) is 17.6 Å². The van der Waals surface area contributed by atoms with Crippen LogP contribution in [0.4, 0.5) is 4.39 Å². The molecule has 0 unspecified atom stereocenters. The van der Waals surface area contributed by atoms with Crippen LogP contribution in [0.1, 0.15) is 10.4 Å². The Hall–Kier alpha value is -1.77. The van der Waals surface area contributed by atoms with Crippen LogP contribution in [0.2, 0.25) is 0 Å². The molecule has 1 aromatic heterocycles. The standard InChI is InChI=1S/C10H5FNO/c11-10(13)8-4-3-7-2-1-5-12-9(7)6-8/h1-5H. The van der Waals surface area contributed by atoms with Gasteiger partial charge in [-0.05, 0) is 12.1 Å². The van der Waals surface area contributed by atoms with Crippen LogP contribution >= 0.6 is 0 Å². The first-order chi connectivity index (χ1) is 6.27. The summed E-state index contributed by atoms with van der Waals surface area (Å²) in [7, 11) is 0. The van der Waals surface area contributed by atoms with Gasteiger partial charge in [0.25, 0.3) is 0 Å². The van der Waals surface area contributed by atoms with E-state index in [0.717, 1.165) is 5.39 Å². The summed E-state index contributed by atoms with van der Waals surface area (Å²) in [6, 6.07) is 7.75. The van der Waals surface area contributed by atoms with Gasteiger partial charge >= 0.3 is 6.04 Å². The smallest absolute Gasteiger partial charge is 0.256 e. The predicted molar refractivity (Wildman–Crippen MR) is 46.0 cm³/mol. The Balaban J connectivity index is 2.69. The first-order valence-corrected chi connectivity index (χ1v) is 3.74. The van der Waals surface area contributed by atoms with E-state index < -0.39 is 6.04 Å². The minimum Gasteiger partial charge on any atom is -0.256 e. The highest BCUT2D eigenvalue weighted by Gasteiger charge is 2.04. The maximum absolute atomic E-state index is 12.3. The van der Waals surface area contributed by atoms with E-state index in [1.54, 1.807) is 18.3 Å². The summed E-state index contributed by atoms with van der Waals surface area (Å²) >= 11 is 0. The van der Waals surface area contributed by atoms with Crippen molar-refractivity contribution in [3.63, 3.8) is 0 Å². The summed E-state index contributed by atoms with van der Waals surface area (Å²) in [6.45, 7) is 0. The second-order valence-electron chi connectivity index (χ2n) is 2.59. The average molecular weight is 174 g/mol. The minimum absolute atomic E-state index is 0.0776. The second-order valence-corrected chi connectivity index (χ2v) is 2.59. The Labute approximate surface area is 74.0 Å². The van der Waals surface area contributed by atoms with Crippen LogP contribution in [0.25, 0.3) is 10.9 Å². The molecule has 0 spiro atoms. The van der Waals surface area contributed by atoms with Crippen molar-refractivity contribution in [3.8, 4) is 0 Å².